The Morgan fingerprint density at radius 1 is 0.943 bits per heavy atom. The van der Waals surface area contributed by atoms with Crippen molar-refractivity contribution in [3.8, 4) is 0 Å². The zero-order chi connectivity index (χ0) is 24.0. The van der Waals surface area contributed by atoms with E-state index in [0.717, 1.165) is 22.5 Å². The highest BCUT2D eigenvalue weighted by Crippen LogP contribution is 2.25. The van der Waals surface area contributed by atoms with Crippen molar-refractivity contribution in [3.63, 3.8) is 0 Å². The van der Waals surface area contributed by atoms with Crippen LogP contribution in [0.1, 0.15) is 33.0 Å². The molecule has 0 saturated heterocycles. The van der Waals surface area contributed by atoms with E-state index in [9.17, 15) is 4.79 Å². The minimum Gasteiger partial charge on any atom is -0.366 e. The number of nitrogens with zero attached hydrogens (tertiary/aromatic N) is 4. The molecule has 5 rings (SSSR count). The van der Waals surface area contributed by atoms with Gasteiger partial charge in [-0.05, 0) is 34.9 Å². The standard InChI is InChI=1S/C27H27ClN6O/c28-23-10-4-8-21(14-23)18-33-13-12-31-26-25(27(33)35)34(19-20-6-2-1-3-7-20)24(32-26)17-30-16-22-9-5-11-29-15-22/h1-11,14-15,30-31H,12-13,16-19H2. The summed E-state index contributed by atoms with van der Waals surface area (Å²) >= 11 is 6.18. The van der Waals surface area contributed by atoms with E-state index in [1.807, 2.05) is 70.3 Å². The molecular weight excluding hydrogens is 460 g/mol. The van der Waals surface area contributed by atoms with Crippen LogP contribution in [0.5, 0.6) is 0 Å². The van der Waals surface area contributed by atoms with Crippen LogP contribution in [0.4, 0.5) is 5.82 Å². The molecule has 4 aromatic rings. The van der Waals surface area contributed by atoms with Crippen LogP contribution in [-0.4, -0.2) is 38.4 Å². The molecule has 0 unspecified atom stereocenters. The Kier molecular flexibility index (Phi) is 7.07. The first-order chi connectivity index (χ1) is 17.2. The number of halogens is 1. The summed E-state index contributed by atoms with van der Waals surface area (Å²) in [4.78, 5) is 24.7. The van der Waals surface area contributed by atoms with E-state index >= 15 is 0 Å². The molecule has 0 saturated carbocycles. The van der Waals surface area contributed by atoms with Gasteiger partial charge < -0.3 is 20.1 Å². The smallest absolute Gasteiger partial charge is 0.274 e. The SMILES string of the molecule is O=C1c2c(nc(CNCc3cccnc3)n2Cc2ccccc2)NCCN1Cc1cccc(Cl)c1. The van der Waals surface area contributed by atoms with Gasteiger partial charge in [0.1, 0.15) is 5.82 Å². The largest absolute Gasteiger partial charge is 0.366 e. The third kappa shape index (κ3) is 5.53. The highest BCUT2D eigenvalue weighted by molar-refractivity contribution is 6.30. The summed E-state index contributed by atoms with van der Waals surface area (Å²) in [7, 11) is 0. The molecule has 8 heteroatoms. The van der Waals surface area contributed by atoms with Crippen LogP contribution in [0, 0.1) is 0 Å². The Bertz CT molecular complexity index is 1290. The summed E-state index contributed by atoms with van der Waals surface area (Å²) < 4.78 is 2.03. The number of carbonyl (C=O) groups is 1. The summed E-state index contributed by atoms with van der Waals surface area (Å²) in [5.41, 5.74) is 3.80. The Morgan fingerprint density at radius 2 is 1.77 bits per heavy atom. The van der Waals surface area contributed by atoms with Crippen molar-refractivity contribution < 1.29 is 4.79 Å². The van der Waals surface area contributed by atoms with Crippen LogP contribution in [0.25, 0.3) is 0 Å². The first-order valence-electron chi connectivity index (χ1n) is 11.7. The van der Waals surface area contributed by atoms with Crippen molar-refractivity contribution in [2.24, 2.45) is 0 Å². The Labute approximate surface area is 209 Å². The minimum atomic E-state index is -0.0353. The fraction of sp³-hybridized carbons (Fsp3) is 0.222. The maximum absolute atomic E-state index is 13.8. The third-order valence-electron chi connectivity index (χ3n) is 5.99. The van der Waals surface area contributed by atoms with E-state index in [0.29, 0.717) is 55.8 Å². The van der Waals surface area contributed by atoms with Gasteiger partial charge in [-0.25, -0.2) is 4.98 Å². The van der Waals surface area contributed by atoms with Crippen LogP contribution in [0.2, 0.25) is 5.02 Å². The topological polar surface area (TPSA) is 75.1 Å². The monoisotopic (exact) mass is 486 g/mol. The highest BCUT2D eigenvalue weighted by atomic mass is 35.5. The predicted octanol–water partition coefficient (Wildman–Crippen LogP) is 4.34. The molecule has 0 radical (unpaired) electrons. The van der Waals surface area contributed by atoms with Gasteiger partial charge >= 0.3 is 0 Å². The number of pyridine rings is 1. The lowest BCUT2D eigenvalue weighted by atomic mass is 10.2. The van der Waals surface area contributed by atoms with Crippen LogP contribution in [0.15, 0.2) is 79.1 Å². The summed E-state index contributed by atoms with van der Waals surface area (Å²) in [6, 6.07) is 21.8. The van der Waals surface area contributed by atoms with Gasteiger partial charge in [0.05, 0.1) is 6.54 Å². The molecule has 0 spiro atoms. The fourth-order valence-electron chi connectivity index (χ4n) is 4.30. The van der Waals surface area contributed by atoms with Crippen molar-refractivity contribution in [2.45, 2.75) is 26.2 Å². The molecule has 7 nitrogen and oxygen atoms in total. The third-order valence-corrected chi connectivity index (χ3v) is 6.23. The number of carbonyl (C=O) groups excluding carboxylic acids is 1. The number of anilines is 1. The van der Waals surface area contributed by atoms with Gasteiger partial charge in [-0.15, -0.1) is 0 Å². The molecule has 178 valence electrons. The van der Waals surface area contributed by atoms with Gasteiger partial charge in [0.25, 0.3) is 5.91 Å². The number of hydrogen-bond donors (Lipinski definition) is 2. The molecule has 2 N–H and O–H groups in total. The van der Waals surface area contributed by atoms with E-state index in [4.69, 9.17) is 16.6 Å². The number of benzene rings is 2. The van der Waals surface area contributed by atoms with Gasteiger partial charge in [0, 0.05) is 50.1 Å². The van der Waals surface area contributed by atoms with E-state index in [1.165, 1.54) is 0 Å². The van der Waals surface area contributed by atoms with Crippen molar-refractivity contribution >= 4 is 23.3 Å². The molecule has 35 heavy (non-hydrogen) atoms. The Balaban J connectivity index is 1.44. The molecular formula is C27H27ClN6O. The Morgan fingerprint density at radius 3 is 2.57 bits per heavy atom. The number of nitrogens with one attached hydrogen (secondary N) is 2. The molecule has 1 amide bonds. The van der Waals surface area contributed by atoms with E-state index in [-0.39, 0.29) is 5.91 Å². The number of fused-ring (bicyclic) bond motifs is 1. The van der Waals surface area contributed by atoms with Crippen LogP contribution in [0.3, 0.4) is 0 Å². The molecule has 1 aliphatic heterocycles. The molecule has 0 fully saturated rings. The van der Waals surface area contributed by atoms with E-state index in [1.54, 1.807) is 6.20 Å². The lowest BCUT2D eigenvalue weighted by Gasteiger charge is -2.22. The fourth-order valence-corrected chi connectivity index (χ4v) is 4.51. The number of aromatic nitrogens is 3. The van der Waals surface area contributed by atoms with E-state index < -0.39 is 0 Å². The zero-order valence-corrected chi connectivity index (χ0v) is 20.1. The highest BCUT2D eigenvalue weighted by Gasteiger charge is 2.29. The van der Waals surface area contributed by atoms with Crippen LogP contribution >= 0.6 is 11.6 Å². The zero-order valence-electron chi connectivity index (χ0n) is 19.3. The second-order valence-corrected chi connectivity index (χ2v) is 8.98. The number of amides is 1. The second-order valence-electron chi connectivity index (χ2n) is 8.55. The number of rotatable bonds is 8. The second kappa shape index (κ2) is 10.7. The molecule has 3 heterocycles. The summed E-state index contributed by atoms with van der Waals surface area (Å²) in [5.74, 6) is 1.41. The maximum Gasteiger partial charge on any atom is 0.274 e. The van der Waals surface area contributed by atoms with Gasteiger partial charge in [-0.3, -0.25) is 9.78 Å². The Hall–Kier alpha value is -3.68. The first kappa shape index (κ1) is 23.1. The average Bonchev–Trinajstić information content (AvgIpc) is 3.13. The van der Waals surface area contributed by atoms with Gasteiger partial charge in [0.15, 0.2) is 11.5 Å². The number of imidazole rings is 1. The van der Waals surface area contributed by atoms with Crippen molar-refractivity contribution in [2.75, 3.05) is 18.4 Å². The van der Waals surface area contributed by atoms with Crippen LogP contribution < -0.4 is 10.6 Å². The molecule has 0 aliphatic carbocycles. The van der Waals surface area contributed by atoms with Gasteiger partial charge in [-0.1, -0.05) is 60.1 Å². The van der Waals surface area contributed by atoms with Crippen molar-refractivity contribution in [1.29, 1.82) is 0 Å². The predicted molar refractivity (Wildman–Crippen MR) is 137 cm³/mol. The summed E-state index contributed by atoms with van der Waals surface area (Å²) in [6.45, 7) is 3.46. The molecule has 2 aromatic heterocycles. The first-order valence-corrected chi connectivity index (χ1v) is 12.1. The minimum absolute atomic E-state index is 0.0353. The molecule has 2 aromatic carbocycles. The van der Waals surface area contributed by atoms with Gasteiger partial charge in [0.2, 0.25) is 0 Å². The normalized spacial score (nSPS) is 13.3. The number of hydrogen-bond acceptors (Lipinski definition) is 5. The maximum atomic E-state index is 13.8. The van der Waals surface area contributed by atoms with Gasteiger partial charge in [-0.2, -0.15) is 0 Å². The molecule has 1 aliphatic rings. The summed E-state index contributed by atoms with van der Waals surface area (Å²) in [6.07, 6.45) is 3.61. The van der Waals surface area contributed by atoms with Crippen molar-refractivity contribution in [3.05, 3.63) is 112 Å². The lowest BCUT2D eigenvalue weighted by molar-refractivity contribution is 0.0745. The van der Waals surface area contributed by atoms with Crippen molar-refractivity contribution in [1.82, 2.24) is 24.8 Å². The average molecular weight is 487 g/mol. The molecule has 0 bridgehead atoms. The summed E-state index contributed by atoms with van der Waals surface area (Å²) in [5, 5.41) is 7.50. The quantitative estimate of drug-likeness (QED) is 0.387. The lowest BCUT2D eigenvalue weighted by Crippen LogP contribution is -2.33. The molecule has 0 atom stereocenters. The van der Waals surface area contributed by atoms with E-state index in [2.05, 4.69) is 27.8 Å². The van der Waals surface area contributed by atoms with Crippen LogP contribution in [-0.2, 0) is 26.2 Å².